The molecule has 3 heteroatoms. The first-order valence-corrected chi connectivity index (χ1v) is 6.91. The lowest BCUT2D eigenvalue weighted by Crippen LogP contribution is -2.30. The summed E-state index contributed by atoms with van der Waals surface area (Å²) in [5.74, 6) is 0.802. The topological polar surface area (TPSA) is 30.5 Å². The van der Waals surface area contributed by atoms with Gasteiger partial charge in [-0.25, -0.2) is 0 Å². The van der Waals surface area contributed by atoms with Crippen LogP contribution in [0.2, 0.25) is 0 Å². The van der Waals surface area contributed by atoms with Gasteiger partial charge in [0.2, 0.25) is 0 Å². The highest BCUT2D eigenvalue weighted by molar-refractivity contribution is 5.25. The summed E-state index contributed by atoms with van der Waals surface area (Å²) in [4.78, 5) is 0. The van der Waals surface area contributed by atoms with Gasteiger partial charge in [-0.2, -0.15) is 0 Å². The van der Waals surface area contributed by atoms with Gasteiger partial charge in [0, 0.05) is 0 Å². The molecular weight excluding hydrogens is 226 g/mol. The molecule has 2 atom stereocenters. The van der Waals surface area contributed by atoms with E-state index in [4.69, 9.17) is 9.47 Å². The van der Waals surface area contributed by atoms with Crippen LogP contribution in [0.25, 0.3) is 0 Å². The molecule has 2 saturated heterocycles. The van der Waals surface area contributed by atoms with Gasteiger partial charge in [-0.15, -0.1) is 0 Å². The van der Waals surface area contributed by atoms with Gasteiger partial charge in [-0.05, 0) is 49.4 Å². The van der Waals surface area contributed by atoms with E-state index in [0.717, 1.165) is 5.92 Å². The Morgan fingerprint density at radius 1 is 1.22 bits per heavy atom. The predicted molar refractivity (Wildman–Crippen MR) is 70.4 cm³/mol. The largest absolute Gasteiger partial charge is 0.352 e. The quantitative estimate of drug-likeness (QED) is 0.889. The number of nitrogens with one attached hydrogen (secondary N) is 1. The number of piperidine rings is 1. The Balaban J connectivity index is 1.59. The van der Waals surface area contributed by atoms with Crippen molar-refractivity contribution in [2.75, 3.05) is 26.5 Å². The van der Waals surface area contributed by atoms with Crippen molar-refractivity contribution < 1.29 is 9.47 Å². The summed E-state index contributed by atoms with van der Waals surface area (Å²) in [6.45, 7) is 3.47. The van der Waals surface area contributed by atoms with E-state index in [0.29, 0.717) is 13.4 Å². The van der Waals surface area contributed by atoms with Crippen molar-refractivity contribution in [2.45, 2.75) is 25.4 Å². The molecule has 98 valence electrons. The minimum Gasteiger partial charge on any atom is -0.352 e. The van der Waals surface area contributed by atoms with E-state index in [1.807, 2.05) is 0 Å². The Bertz CT molecular complexity index is 365. The highest BCUT2D eigenvalue weighted by Crippen LogP contribution is 2.24. The van der Waals surface area contributed by atoms with Crippen molar-refractivity contribution in [3.05, 3.63) is 35.4 Å². The third-order valence-corrected chi connectivity index (χ3v) is 3.90. The number of rotatable bonds is 3. The molecule has 2 aliphatic rings. The Kier molecular flexibility index (Phi) is 3.93. The van der Waals surface area contributed by atoms with Gasteiger partial charge in [0.15, 0.2) is 0 Å². The van der Waals surface area contributed by atoms with Gasteiger partial charge in [0.05, 0.1) is 6.61 Å². The second kappa shape index (κ2) is 5.83. The molecule has 0 bridgehead atoms. The van der Waals surface area contributed by atoms with Gasteiger partial charge < -0.3 is 14.8 Å². The van der Waals surface area contributed by atoms with E-state index in [1.54, 1.807) is 0 Å². The summed E-state index contributed by atoms with van der Waals surface area (Å²) in [7, 11) is 0. The van der Waals surface area contributed by atoms with E-state index >= 15 is 0 Å². The molecule has 3 nitrogen and oxygen atoms in total. The maximum atomic E-state index is 5.50. The molecule has 3 rings (SSSR count). The van der Waals surface area contributed by atoms with Gasteiger partial charge in [0.25, 0.3) is 0 Å². The van der Waals surface area contributed by atoms with Crippen molar-refractivity contribution in [3.63, 3.8) is 0 Å². The second-order valence-electron chi connectivity index (χ2n) is 5.30. The van der Waals surface area contributed by atoms with E-state index in [2.05, 4.69) is 29.6 Å². The van der Waals surface area contributed by atoms with Crippen LogP contribution in [0.1, 0.15) is 30.1 Å². The molecule has 0 amide bonds. The summed E-state index contributed by atoms with van der Waals surface area (Å²) in [6.07, 6.45) is 4.00. The molecule has 2 unspecified atom stereocenters. The van der Waals surface area contributed by atoms with Crippen molar-refractivity contribution in [1.82, 2.24) is 5.32 Å². The zero-order chi connectivity index (χ0) is 12.2. The van der Waals surface area contributed by atoms with E-state index < -0.39 is 0 Å². The number of hydrogen-bond acceptors (Lipinski definition) is 3. The van der Waals surface area contributed by atoms with Crippen LogP contribution in [-0.2, 0) is 15.9 Å². The van der Waals surface area contributed by atoms with Gasteiger partial charge in [-0.3, -0.25) is 0 Å². The molecule has 0 radical (unpaired) electrons. The van der Waals surface area contributed by atoms with Gasteiger partial charge >= 0.3 is 0 Å². The van der Waals surface area contributed by atoms with Crippen LogP contribution in [0.3, 0.4) is 0 Å². The fourth-order valence-electron chi connectivity index (χ4n) is 2.83. The lowest BCUT2D eigenvalue weighted by atomic mass is 9.92. The minimum absolute atomic E-state index is 0.135. The molecule has 2 aliphatic heterocycles. The Morgan fingerprint density at radius 2 is 2.11 bits per heavy atom. The summed E-state index contributed by atoms with van der Waals surface area (Å²) in [6, 6.07) is 8.85. The molecule has 1 aromatic carbocycles. The van der Waals surface area contributed by atoms with Crippen LogP contribution >= 0.6 is 0 Å². The monoisotopic (exact) mass is 247 g/mol. The first-order valence-electron chi connectivity index (χ1n) is 6.91. The Hall–Kier alpha value is -0.900. The third kappa shape index (κ3) is 2.91. The van der Waals surface area contributed by atoms with E-state index in [1.165, 1.54) is 43.5 Å². The highest BCUT2D eigenvalue weighted by atomic mass is 16.7. The van der Waals surface area contributed by atoms with Crippen molar-refractivity contribution >= 4 is 0 Å². The minimum atomic E-state index is 0.135. The van der Waals surface area contributed by atoms with Crippen molar-refractivity contribution in [1.29, 1.82) is 0 Å². The van der Waals surface area contributed by atoms with Crippen LogP contribution in [0.4, 0.5) is 0 Å². The van der Waals surface area contributed by atoms with Crippen LogP contribution in [-0.4, -0.2) is 26.5 Å². The summed E-state index contributed by atoms with van der Waals surface area (Å²) < 4.78 is 10.7. The zero-order valence-electron chi connectivity index (χ0n) is 10.7. The van der Waals surface area contributed by atoms with Crippen molar-refractivity contribution in [3.8, 4) is 0 Å². The third-order valence-electron chi connectivity index (χ3n) is 3.90. The second-order valence-corrected chi connectivity index (χ2v) is 5.30. The molecule has 1 N–H and O–H groups in total. The normalized spacial score (nSPS) is 28.4. The lowest BCUT2D eigenvalue weighted by Gasteiger charge is -2.22. The summed E-state index contributed by atoms with van der Waals surface area (Å²) in [5, 5.41) is 3.47. The first-order chi connectivity index (χ1) is 8.92. The fraction of sp³-hybridized carbons (Fsp3) is 0.600. The maximum absolute atomic E-state index is 5.50. The zero-order valence-corrected chi connectivity index (χ0v) is 10.7. The number of benzene rings is 1. The summed E-state index contributed by atoms with van der Waals surface area (Å²) in [5.41, 5.74) is 2.67. The summed E-state index contributed by atoms with van der Waals surface area (Å²) >= 11 is 0. The first kappa shape index (κ1) is 12.2. The predicted octanol–water partition coefficient (Wildman–Crippen LogP) is 2.27. The molecular formula is C15H21NO2. The van der Waals surface area contributed by atoms with Crippen molar-refractivity contribution in [2.24, 2.45) is 5.92 Å². The Labute approximate surface area is 108 Å². The number of ether oxygens (including phenoxy) is 2. The molecule has 0 spiro atoms. The van der Waals surface area contributed by atoms with Crippen LogP contribution in [0.5, 0.6) is 0 Å². The standard InChI is InChI=1S/C15H21NO2/c1-2-13(9-16-7-1)8-12-3-5-14(6-4-12)15-10-17-11-18-15/h3-6,13,15-16H,1-2,7-11H2. The number of hydrogen-bond donors (Lipinski definition) is 1. The van der Waals surface area contributed by atoms with Crippen LogP contribution in [0, 0.1) is 5.92 Å². The molecule has 1 aromatic rings. The van der Waals surface area contributed by atoms with Crippen LogP contribution < -0.4 is 5.32 Å². The highest BCUT2D eigenvalue weighted by Gasteiger charge is 2.18. The van der Waals surface area contributed by atoms with E-state index in [-0.39, 0.29) is 6.10 Å². The smallest absolute Gasteiger partial charge is 0.147 e. The Morgan fingerprint density at radius 3 is 2.78 bits per heavy atom. The van der Waals surface area contributed by atoms with E-state index in [9.17, 15) is 0 Å². The van der Waals surface area contributed by atoms with Gasteiger partial charge in [0.1, 0.15) is 12.9 Å². The average molecular weight is 247 g/mol. The molecule has 2 fully saturated rings. The van der Waals surface area contributed by atoms with Gasteiger partial charge in [-0.1, -0.05) is 24.3 Å². The lowest BCUT2D eigenvalue weighted by molar-refractivity contribution is 0.0466. The molecule has 0 saturated carbocycles. The molecule has 18 heavy (non-hydrogen) atoms. The molecule has 0 aliphatic carbocycles. The average Bonchev–Trinajstić information content (AvgIpc) is 2.95. The molecule has 0 aromatic heterocycles. The fourth-order valence-corrected chi connectivity index (χ4v) is 2.83. The SMILES string of the molecule is c1cc(C2COCO2)ccc1CC1CCCNC1. The van der Waals surface area contributed by atoms with Crippen LogP contribution in [0.15, 0.2) is 24.3 Å². The maximum Gasteiger partial charge on any atom is 0.147 e. The molecule has 2 heterocycles.